The van der Waals surface area contributed by atoms with Crippen molar-refractivity contribution in [3.63, 3.8) is 0 Å². The second-order valence-electron chi connectivity index (χ2n) is 1.52. The second kappa shape index (κ2) is 7.36. The molecule has 1 aromatic rings. The summed E-state index contributed by atoms with van der Waals surface area (Å²) in [5.41, 5.74) is 0. The van der Waals surface area contributed by atoms with Crippen molar-refractivity contribution in [2.75, 3.05) is 0 Å². The van der Waals surface area contributed by atoms with Crippen molar-refractivity contribution in [1.82, 2.24) is 0 Å². The molecule has 0 aromatic heterocycles. The van der Waals surface area contributed by atoms with E-state index in [1.54, 1.807) is 0 Å². The van der Waals surface area contributed by atoms with Crippen molar-refractivity contribution in [2.24, 2.45) is 0 Å². The molecule has 0 bridgehead atoms. The van der Waals surface area contributed by atoms with E-state index in [1.807, 2.05) is 0 Å². The summed E-state index contributed by atoms with van der Waals surface area (Å²) in [7, 11) is 0. The normalized spacial score (nSPS) is 7.20. The van der Waals surface area contributed by atoms with Crippen molar-refractivity contribution < 1.29 is 98.3 Å². The van der Waals surface area contributed by atoms with Crippen LogP contribution in [0.5, 0.6) is 11.5 Å². The predicted octanol–water partition coefficient (Wildman–Crippen LogP) is 1.10. The first-order valence-corrected chi connectivity index (χ1v) is 2.27. The van der Waals surface area contributed by atoms with Crippen LogP contribution in [-0.4, -0.2) is 10.2 Å². The van der Waals surface area contributed by atoms with Crippen molar-refractivity contribution in [2.45, 2.75) is 0 Å². The molecule has 0 atom stereocenters. The molecule has 2 radical (unpaired) electrons. The van der Waals surface area contributed by atoms with Crippen LogP contribution in [0.1, 0.15) is 0 Å². The Morgan fingerprint density at radius 3 is 1.10 bits per heavy atom. The summed E-state index contributed by atoms with van der Waals surface area (Å²) >= 11 is 0. The standard InChI is InChI=1S/C6H6O2.2Ac/c7-5-1-2-6(8)4-3-5;;/h1-4,7-8H;;. The smallest absolute Gasteiger partial charge is 0.115 e. The van der Waals surface area contributed by atoms with Crippen molar-refractivity contribution in [3.05, 3.63) is 24.3 Å². The van der Waals surface area contributed by atoms with Gasteiger partial charge >= 0.3 is 0 Å². The molecular weight excluding hydrogens is 558 g/mol. The Balaban J connectivity index is 0. The third-order valence-corrected chi connectivity index (χ3v) is 0.850. The Kier molecular flexibility index (Phi) is 10.5. The molecule has 4 heteroatoms. The Bertz CT molecular complexity index is 153. The molecule has 10 heavy (non-hydrogen) atoms. The van der Waals surface area contributed by atoms with Gasteiger partial charge < -0.3 is 10.2 Å². The van der Waals surface area contributed by atoms with Crippen LogP contribution >= 0.6 is 0 Å². The molecule has 0 aliphatic rings. The number of aromatic hydroxyl groups is 2. The first-order chi connectivity index (χ1) is 3.79. The van der Waals surface area contributed by atoms with E-state index in [-0.39, 0.29) is 99.6 Å². The van der Waals surface area contributed by atoms with Gasteiger partial charge in [-0.15, -0.1) is 0 Å². The first kappa shape index (κ1) is 14.2. The van der Waals surface area contributed by atoms with Crippen LogP contribution in [0.25, 0.3) is 0 Å². The number of hydrogen-bond acceptors (Lipinski definition) is 2. The largest absolute Gasteiger partial charge is 0.508 e. The molecule has 0 saturated heterocycles. The van der Waals surface area contributed by atoms with E-state index in [2.05, 4.69) is 0 Å². The van der Waals surface area contributed by atoms with Crippen LogP contribution in [0.3, 0.4) is 0 Å². The minimum Gasteiger partial charge on any atom is -0.508 e. The Labute approximate surface area is 131 Å². The van der Waals surface area contributed by atoms with Gasteiger partial charge in [0.2, 0.25) is 0 Å². The van der Waals surface area contributed by atoms with Gasteiger partial charge in [0.05, 0.1) is 0 Å². The monoisotopic (exact) mass is 564 g/mol. The molecule has 0 unspecified atom stereocenters. The third-order valence-electron chi connectivity index (χ3n) is 0.850. The first-order valence-electron chi connectivity index (χ1n) is 2.27. The molecule has 0 spiro atoms. The van der Waals surface area contributed by atoms with Gasteiger partial charge in [0.15, 0.2) is 0 Å². The predicted molar refractivity (Wildman–Crippen MR) is 29.8 cm³/mol. The van der Waals surface area contributed by atoms with Crippen LogP contribution in [0.15, 0.2) is 24.3 Å². The number of benzene rings is 1. The van der Waals surface area contributed by atoms with Crippen LogP contribution in [0, 0.1) is 88.1 Å². The van der Waals surface area contributed by atoms with Crippen LogP contribution < -0.4 is 0 Å². The molecule has 0 aliphatic heterocycles. The zero-order valence-electron chi connectivity index (χ0n) is 5.36. The van der Waals surface area contributed by atoms with E-state index in [0.717, 1.165) is 0 Å². The minimum atomic E-state index is 0. The fourth-order valence-electron chi connectivity index (χ4n) is 0.453. The van der Waals surface area contributed by atoms with Gasteiger partial charge in [-0.1, -0.05) is 0 Å². The molecule has 0 heterocycles. The maximum absolute atomic E-state index is 8.65. The Morgan fingerprint density at radius 1 is 0.700 bits per heavy atom. The summed E-state index contributed by atoms with van der Waals surface area (Å²) in [5, 5.41) is 17.3. The third kappa shape index (κ3) is 5.37. The van der Waals surface area contributed by atoms with E-state index in [4.69, 9.17) is 10.2 Å². The molecule has 0 fully saturated rings. The topological polar surface area (TPSA) is 40.5 Å². The van der Waals surface area contributed by atoms with Crippen molar-refractivity contribution >= 4 is 0 Å². The number of rotatable bonds is 0. The van der Waals surface area contributed by atoms with Gasteiger partial charge in [-0.25, -0.2) is 0 Å². The molecule has 0 saturated carbocycles. The van der Waals surface area contributed by atoms with Crippen molar-refractivity contribution in [1.29, 1.82) is 0 Å². The zero-order valence-corrected chi connectivity index (χ0v) is 14.8. The second-order valence-corrected chi connectivity index (χ2v) is 1.52. The minimum absolute atomic E-state index is 0. The maximum Gasteiger partial charge on any atom is 0.115 e. The number of phenolic OH excluding ortho intramolecular Hbond substituents is 2. The average Bonchev–Trinajstić information content (AvgIpc) is 1.77. The van der Waals surface area contributed by atoms with E-state index in [9.17, 15) is 0 Å². The molecule has 0 aliphatic carbocycles. The Morgan fingerprint density at radius 2 is 0.900 bits per heavy atom. The molecular formula is C6H6Ac2O2. The SMILES string of the molecule is Oc1ccc(O)cc1.[Ac].[Ac]. The zero-order chi connectivity index (χ0) is 5.98. The van der Waals surface area contributed by atoms with Crippen molar-refractivity contribution in [3.8, 4) is 11.5 Å². The van der Waals surface area contributed by atoms with E-state index in [1.165, 1.54) is 24.3 Å². The molecule has 2 nitrogen and oxygen atoms in total. The molecule has 2 N–H and O–H groups in total. The molecule has 0 amide bonds. The fourth-order valence-corrected chi connectivity index (χ4v) is 0.453. The van der Waals surface area contributed by atoms with E-state index in [0.29, 0.717) is 0 Å². The summed E-state index contributed by atoms with van der Waals surface area (Å²) in [4.78, 5) is 0. The van der Waals surface area contributed by atoms with Crippen LogP contribution in [0.4, 0.5) is 0 Å². The van der Waals surface area contributed by atoms with Gasteiger partial charge in [-0.3, -0.25) is 0 Å². The van der Waals surface area contributed by atoms with Gasteiger partial charge in [-0.2, -0.15) is 0 Å². The van der Waals surface area contributed by atoms with Crippen LogP contribution in [0.2, 0.25) is 0 Å². The van der Waals surface area contributed by atoms with Gasteiger partial charge in [0.25, 0.3) is 0 Å². The Hall–Kier alpha value is 1.70. The molecule has 48 valence electrons. The summed E-state index contributed by atoms with van der Waals surface area (Å²) in [6.45, 7) is 0. The van der Waals surface area contributed by atoms with Gasteiger partial charge in [0.1, 0.15) is 11.5 Å². The molecule has 1 aromatic carbocycles. The van der Waals surface area contributed by atoms with Gasteiger partial charge in [-0.05, 0) is 24.3 Å². The molecule has 1 rings (SSSR count). The summed E-state index contributed by atoms with van der Waals surface area (Å²) in [6, 6.07) is 5.70. The van der Waals surface area contributed by atoms with Crippen LogP contribution in [-0.2, 0) is 0 Å². The van der Waals surface area contributed by atoms with E-state index < -0.39 is 0 Å². The number of hydrogen-bond donors (Lipinski definition) is 2. The summed E-state index contributed by atoms with van der Waals surface area (Å²) < 4.78 is 0. The summed E-state index contributed by atoms with van der Waals surface area (Å²) in [6.07, 6.45) is 0. The maximum atomic E-state index is 8.65. The number of phenols is 2. The van der Waals surface area contributed by atoms with E-state index >= 15 is 0 Å². The summed E-state index contributed by atoms with van der Waals surface area (Å²) in [5.74, 6) is 0.339. The quantitative estimate of drug-likeness (QED) is 0.464. The average molecular weight is 564 g/mol. The van der Waals surface area contributed by atoms with Gasteiger partial charge in [0, 0.05) is 88.1 Å². The fraction of sp³-hybridized carbons (Fsp3) is 0.